The van der Waals surface area contributed by atoms with Crippen LogP contribution in [0.5, 0.6) is 11.5 Å². The Bertz CT molecular complexity index is 660. The number of ether oxygens (including phenoxy) is 1. The summed E-state index contributed by atoms with van der Waals surface area (Å²) in [6, 6.07) is 4.95. The van der Waals surface area contributed by atoms with Crippen molar-refractivity contribution in [2.75, 3.05) is 13.0 Å². The molecule has 6 nitrogen and oxygen atoms in total. The summed E-state index contributed by atoms with van der Waals surface area (Å²) in [5, 5.41) is 15.2. The van der Waals surface area contributed by atoms with Crippen LogP contribution in [0.2, 0.25) is 0 Å². The van der Waals surface area contributed by atoms with Gasteiger partial charge in [0.25, 0.3) is 5.91 Å². The number of nitrogens with two attached hydrogens (primary N) is 1. The Labute approximate surface area is 133 Å². The highest BCUT2D eigenvalue weighted by molar-refractivity contribution is 8.26. The predicted octanol–water partition coefficient (Wildman–Crippen LogP) is 1.18. The van der Waals surface area contributed by atoms with Crippen LogP contribution in [0.3, 0.4) is 0 Å². The SMILES string of the molecule is COc1cccc(/C=C2\SC(=S)N(CS(N)=O)C2=O)c1O. The maximum atomic E-state index is 12.2. The van der Waals surface area contributed by atoms with Crippen molar-refractivity contribution >= 4 is 51.3 Å². The van der Waals surface area contributed by atoms with E-state index in [1.807, 2.05) is 0 Å². The maximum absolute atomic E-state index is 12.2. The topological polar surface area (TPSA) is 92.9 Å². The molecule has 2 rings (SSSR count). The molecule has 1 atom stereocenters. The van der Waals surface area contributed by atoms with Gasteiger partial charge in [-0.2, -0.15) is 0 Å². The number of para-hydroxylation sites is 1. The molecule has 0 bridgehead atoms. The zero-order valence-corrected chi connectivity index (χ0v) is 13.4. The minimum Gasteiger partial charge on any atom is -0.504 e. The molecule has 1 aliphatic rings. The number of phenols is 1. The van der Waals surface area contributed by atoms with Gasteiger partial charge in [-0.15, -0.1) is 0 Å². The third-order valence-corrected chi connectivity index (χ3v) is 4.56. The summed E-state index contributed by atoms with van der Waals surface area (Å²) < 4.78 is 16.3. The number of thioether (sulfide) groups is 1. The number of carbonyl (C=O) groups excluding carboxylic acids is 1. The summed E-state index contributed by atoms with van der Waals surface area (Å²) in [4.78, 5) is 13.7. The molecular weight excluding hydrogens is 332 g/mol. The summed E-state index contributed by atoms with van der Waals surface area (Å²) in [7, 11) is -0.221. The summed E-state index contributed by atoms with van der Waals surface area (Å²) in [5.74, 6) is -0.285. The number of hydrogen-bond acceptors (Lipinski definition) is 6. The van der Waals surface area contributed by atoms with Crippen molar-refractivity contribution in [1.82, 2.24) is 4.90 Å². The molecule has 1 heterocycles. The van der Waals surface area contributed by atoms with Crippen molar-refractivity contribution in [1.29, 1.82) is 0 Å². The standard InChI is InChI=1S/C12H12N2O4S3/c1-18-8-4-2-3-7(10(8)15)5-9-11(16)14(6-21(13)17)12(19)20-9/h2-5,15H,6,13H2,1H3/b9-5-. The highest BCUT2D eigenvalue weighted by atomic mass is 32.2. The molecule has 1 aliphatic heterocycles. The average Bonchev–Trinajstić information content (AvgIpc) is 2.68. The second kappa shape index (κ2) is 6.56. The first kappa shape index (κ1) is 16.0. The van der Waals surface area contributed by atoms with Gasteiger partial charge in [0, 0.05) is 5.56 Å². The number of benzene rings is 1. The average molecular weight is 344 g/mol. The fourth-order valence-electron chi connectivity index (χ4n) is 1.70. The fourth-order valence-corrected chi connectivity index (χ4v) is 3.61. The number of thiocarbonyl (C=S) groups is 1. The Morgan fingerprint density at radius 1 is 1.57 bits per heavy atom. The summed E-state index contributed by atoms with van der Waals surface area (Å²) in [5.41, 5.74) is 0.434. The lowest BCUT2D eigenvalue weighted by Crippen LogP contribution is -2.33. The largest absolute Gasteiger partial charge is 0.504 e. The van der Waals surface area contributed by atoms with Crippen molar-refractivity contribution in [3.8, 4) is 11.5 Å². The minimum absolute atomic E-state index is 0.0623. The lowest BCUT2D eigenvalue weighted by molar-refractivity contribution is -0.121. The molecular formula is C12H12N2O4S3. The molecule has 1 unspecified atom stereocenters. The number of hydrogen-bond donors (Lipinski definition) is 2. The van der Waals surface area contributed by atoms with Crippen LogP contribution in [-0.2, 0) is 15.8 Å². The van der Waals surface area contributed by atoms with Crippen LogP contribution in [-0.4, -0.2) is 37.4 Å². The molecule has 3 N–H and O–H groups in total. The summed E-state index contributed by atoms with van der Waals surface area (Å²) in [6.45, 7) is 0. The highest BCUT2D eigenvalue weighted by Gasteiger charge is 2.32. The van der Waals surface area contributed by atoms with Crippen LogP contribution >= 0.6 is 24.0 Å². The number of carbonyl (C=O) groups is 1. The molecule has 112 valence electrons. The smallest absolute Gasteiger partial charge is 0.267 e. The van der Waals surface area contributed by atoms with Crippen LogP contribution in [0.1, 0.15) is 5.56 Å². The van der Waals surface area contributed by atoms with Crippen LogP contribution in [0.15, 0.2) is 23.1 Å². The van der Waals surface area contributed by atoms with E-state index in [4.69, 9.17) is 22.1 Å². The first-order valence-corrected chi connectivity index (χ1v) is 8.29. The van der Waals surface area contributed by atoms with Crippen molar-refractivity contribution < 1.29 is 18.8 Å². The van der Waals surface area contributed by atoms with E-state index in [2.05, 4.69) is 0 Å². The monoisotopic (exact) mass is 344 g/mol. The molecule has 1 fully saturated rings. The minimum atomic E-state index is -1.66. The van der Waals surface area contributed by atoms with Crippen LogP contribution in [0.25, 0.3) is 6.08 Å². The third kappa shape index (κ3) is 3.43. The number of methoxy groups -OCH3 is 1. The van der Waals surface area contributed by atoms with E-state index in [0.717, 1.165) is 11.8 Å². The van der Waals surface area contributed by atoms with Gasteiger partial charge in [-0.25, -0.2) is 4.21 Å². The van der Waals surface area contributed by atoms with E-state index in [1.54, 1.807) is 18.2 Å². The van der Waals surface area contributed by atoms with Crippen LogP contribution < -0.4 is 9.88 Å². The van der Waals surface area contributed by atoms with E-state index in [-0.39, 0.29) is 21.9 Å². The summed E-state index contributed by atoms with van der Waals surface area (Å²) in [6.07, 6.45) is 1.51. The zero-order valence-electron chi connectivity index (χ0n) is 10.9. The number of nitrogens with zero attached hydrogens (tertiary/aromatic N) is 1. The molecule has 1 aromatic carbocycles. The number of aromatic hydroxyl groups is 1. The first-order chi connectivity index (χ1) is 9.93. The van der Waals surface area contributed by atoms with Gasteiger partial charge in [-0.05, 0) is 12.1 Å². The maximum Gasteiger partial charge on any atom is 0.267 e. The Balaban J connectivity index is 2.33. The number of phenolic OH excluding ortho intramolecular Hbond substituents is 1. The molecule has 0 saturated carbocycles. The molecule has 1 amide bonds. The van der Waals surface area contributed by atoms with Crippen molar-refractivity contribution in [2.24, 2.45) is 5.14 Å². The molecule has 0 aliphatic carbocycles. The molecule has 1 saturated heterocycles. The van der Waals surface area contributed by atoms with Crippen molar-refractivity contribution in [3.05, 3.63) is 28.7 Å². The van der Waals surface area contributed by atoms with Crippen molar-refractivity contribution in [2.45, 2.75) is 0 Å². The van der Waals surface area contributed by atoms with Gasteiger partial charge in [0.15, 0.2) is 11.5 Å². The van der Waals surface area contributed by atoms with Crippen LogP contribution in [0.4, 0.5) is 0 Å². The van der Waals surface area contributed by atoms with E-state index < -0.39 is 11.0 Å². The Hall–Kier alpha value is -1.42. The van der Waals surface area contributed by atoms with Gasteiger partial charge < -0.3 is 9.84 Å². The van der Waals surface area contributed by atoms with E-state index in [0.29, 0.717) is 16.2 Å². The first-order valence-electron chi connectivity index (χ1n) is 5.68. The molecule has 0 radical (unpaired) electrons. The second-order valence-corrected chi connectivity index (χ2v) is 6.71. The van der Waals surface area contributed by atoms with Gasteiger partial charge >= 0.3 is 0 Å². The summed E-state index contributed by atoms with van der Waals surface area (Å²) >= 11 is 6.13. The molecule has 9 heteroatoms. The van der Waals surface area contributed by atoms with Gasteiger partial charge in [-0.3, -0.25) is 14.8 Å². The highest BCUT2D eigenvalue weighted by Crippen LogP contribution is 2.36. The van der Waals surface area contributed by atoms with Gasteiger partial charge in [0.05, 0.1) is 12.0 Å². The normalized spacial score (nSPS) is 18.4. The van der Waals surface area contributed by atoms with E-state index >= 15 is 0 Å². The van der Waals surface area contributed by atoms with Gasteiger partial charge in [-0.1, -0.05) is 36.1 Å². The van der Waals surface area contributed by atoms with E-state index in [1.165, 1.54) is 18.1 Å². The Kier molecular flexibility index (Phi) is 4.99. The fraction of sp³-hybridized carbons (Fsp3) is 0.167. The molecule has 0 spiro atoms. The molecule has 21 heavy (non-hydrogen) atoms. The van der Waals surface area contributed by atoms with Crippen LogP contribution in [0, 0.1) is 0 Å². The second-order valence-electron chi connectivity index (χ2n) is 4.02. The quantitative estimate of drug-likeness (QED) is 0.629. The number of rotatable bonds is 4. The lowest BCUT2D eigenvalue weighted by Gasteiger charge is -2.11. The molecule has 0 aromatic heterocycles. The third-order valence-electron chi connectivity index (χ3n) is 2.67. The Morgan fingerprint density at radius 2 is 2.29 bits per heavy atom. The van der Waals surface area contributed by atoms with E-state index in [9.17, 15) is 14.1 Å². The van der Waals surface area contributed by atoms with Gasteiger partial charge in [0.2, 0.25) is 0 Å². The number of amides is 1. The van der Waals surface area contributed by atoms with Crippen molar-refractivity contribution in [3.63, 3.8) is 0 Å². The Morgan fingerprint density at radius 3 is 2.90 bits per heavy atom. The van der Waals surface area contributed by atoms with Gasteiger partial charge in [0.1, 0.15) is 21.2 Å². The lowest BCUT2D eigenvalue weighted by atomic mass is 10.1. The molecule has 1 aromatic rings. The predicted molar refractivity (Wildman–Crippen MR) is 86.9 cm³/mol. The zero-order chi connectivity index (χ0) is 15.6.